The molecule has 1 heterocycles. The summed E-state index contributed by atoms with van der Waals surface area (Å²) in [6, 6.07) is 8.12. The average Bonchev–Trinajstić information content (AvgIpc) is 2.40. The molecule has 0 amide bonds. The molecule has 0 spiro atoms. The lowest BCUT2D eigenvalue weighted by molar-refractivity contribution is 0.217. The van der Waals surface area contributed by atoms with E-state index >= 15 is 0 Å². The Morgan fingerprint density at radius 3 is 3.00 bits per heavy atom. The van der Waals surface area contributed by atoms with Crippen LogP contribution in [0.3, 0.4) is 0 Å². The van der Waals surface area contributed by atoms with Gasteiger partial charge in [0, 0.05) is 24.7 Å². The molecule has 0 bridgehead atoms. The molecule has 1 aliphatic heterocycles. The molecule has 0 aromatic heterocycles. The van der Waals surface area contributed by atoms with Gasteiger partial charge in [-0.3, -0.25) is 4.99 Å². The van der Waals surface area contributed by atoms with Gasteiger partial charge in [-0.25, -0.2) is 0 Å². The Kier molecular flexibility index (Phi) is 4.62. The van der Waals surface area contributed by atoms with Gasteiger partial charge < -0.3 is 10.1 Å². The Hall–Kier alpha value is -1.51. The number of amidine groups is 1. The number of nitrogens with one attached hydrogen (secondary N) is 1. The van der Waals surface area contributed by atoms with E-state index in [0.717, 1.165) is 36.7 Å². The SMILES string of the molecule is CCC(C)Oc1cccc(NC2=NCCCC2)c1. The van der Waals surface area contributed by atoms with Crippen molar-refractivity contribution in [3.63, 3.8) is 0 Å². The van der Waals surface area contributed by atoms with Crippen molar-refractivity contribution in [1.82, 2.24) is 0 Å². The van der Waals surface area contributed by atoms with Gasteiger partial charge >= 0.3 is 0 Å². The fourth-order valence-corrected chi connectivity index (χ4v) is 1.93. The van der Waals surface area contributed by atoms with Crippen molar-refractivity contribution in [2.24, 2.45) is 4.99 Å². The fraction of sp³-hybridized carbons (Fsp3) is 0.533. The van der Waals surface area contributed by atoms with E-state index in [0.29, 0.717) is 0 Å². The highest BCUT2D eigenvalue weighted by molar-refractivity contribution is 5.95. The zero-order chi connectivity index (χ0) is 12.8. The van der Waals surface area contributed by atoms with Crippen LogP contribution in [0.15, 0.2) is 29.3 Å². The van der Waals surface area contributed by atoms with Crippen molar-refractivity contribution >= 4 is 11.5 Å². The van der Waals surface area contributed by atoms with Crippen LogP contribution in [-0.2, 0) is 0 Å². The molecular formula is C15H22N2O. The van der Waals surface area contributed by atoms with E-state index in [1.807, 2.05) is 18.2 Å². The van der Waals surface area contributed by atoms with Crippen LogP contribution in [0.5, 0.6) is 5.75 Å². The maximum atomic E-state index is 5.81. The molecule has 1 atom stereocenters. The number of nitrogens with zero attached hydrogens (tertiary/aromatic N) is 1. The largest absolute Gasteiger partial charge is 0.491 e. The smallest absolute Gasteiger partial charge is 0.121 e. The first-order chi connectivity index (χ1) is 8.78. The molecule has 98 valence electrons. The van der Waals surface area contributed by atoms with Crippen molar-refractivity contribution in [2.45, 2.75) is 45.6 Å². The molecule has 1 aliphatic rings. The number of hydrogen-bond acceptors (Lipinski definition) is 3. The highest BCUT2D eigenvalue weighted by Crippen LogP contribution is 2.20. The van der Waals surface area contributed by atoms with Crippen LogP contribution in [0.4, 0.5) is 5.69 Å². The van der Waals surface area contributed by atoms with E-state index in [4.69, 9.17) is 4.74 Å². The summed E-state index contributed by atoms with van der Waals surface area (Å²) in [4.78, 5) is 4.50. The van der Waals surface area contributed by atoms with Gasteiger partial charge in [-0.1, -0.05) is 13.0 Å². The molecule has 0 radical (unpaired) electrons. The molecule has 3 heteroatoms. The highest BCUT2D eigenvalue weighted by Gasteiger charge is 2.06. The molecule has 18 heavy (non-hydrogen) atoms. The minimum Gasteiger partial charge on any atom is -0.491 e. The molecular weight excluding hydrogens is 224 g/mol. The van der Waals surface area contributed by atoms with Crippen LogP contribution in [-0.4, -0.2) is 18.5 Å². The van der Waals surface area contributed by atoms with E-state index in [1.165, 1.54) is 12.8 Å². The second-order valence-corrected chi connectivity index (χ2v) is 4.78. The zero-order valence-corrected chi connectivity index (χ0v) is 11.3. The fourth-order valence-electron chi connectivity index (χ4n) is 1.93. The number of benzene rings is 1. The van der Waals surface area contributed by atoms with Crippen LogP contribution in [0.25, 0.3) is 0 Å². The average molecular weight is 246 g/mol. The van der Waals surface area contributed by atoms with Crippen molar-refractivity contribution in [2.75, 3.05) is 11.9 Å². The summed E-state index contributed by atoms with van der Waals surface area (Å²) in [5.74, 6) is 2.02. The molecule has 3 nitrogen and oxygen atoms in total. The Morgan fingerprint density at radius 2 is 2.28 bits per heavy atom. The van der Waals surface area contributed by atoms with E-state index in [1.54, 1.807) is 0 Å². The number of ether oxygens (including phenoxy) is 1. The second kappa shape index (κ2) is 6.43. The first-order valence-electron chi connectivity index (χ1n) is 6.85. The Bertz CT molecular complexity index is 415. The first kappa shape index (κ1) is 12.9. The third-order valence-electron chi connectivity index (χ3n) is 3.16. The maximum absolute atomic E-state index is 5.81. The summed E-state index contributed by atoms with van der Waals surface area (Å²) < 4.78 is 5.81. The van der Waals surface area contributed by atoms with Crippen LogP contribution in [0.1, 0.15) is 39.5 Å². The molecule has 1 unspecified atom stereocenters. The molecule has 0 aliphatic carbocycles. The van der Waals surface area contributed by atoms with Gasteiger partial charge in [0.25, 0.3) is 0 Å². The van der Waals surface area contributed by atoms with Crippen molar-refractivity contribution in [1.29, 1.82) is 0 Å². The first-order valence-corrected chi connectivity index (χ1v) is 6.85. The van der Waals surface area contributed by atoms with Gasteiger partial charge in [-0.05, 0) is 38.3 Å². The zero-order valence-electron chi connectivity index (χ0n) is 11.3. The van der Waals surface area contributed by atoms with Gasteiger partial charge in [0.1, 0.15) is 11.6 Å². The lowest BCUT2D eigenvalue weighted by Gasteiger charge is -2.16. The summed E-state index contributed by atoms with van der Waals surface area (Å²) in [6.45, 7) is 5.17. The van der Waals surface area contributed by atoms with Crippen LogP contribution >= 0.6 is 0 Å². The van der Waals surface area contributed by atoms with Crippen molar-refractivity contribution < 1.29 is 4.74 Å². The van der Waals surface area contributed by atoms with Crippen LogP contribution < -0.4 is 10.1 Å². The van der Waals surface area contributed by atoms with E-state index in [-0.39, 0.29) is 6.10 Å². The summed E-state index contributed by atoms with van der Waals surface area (Å²) in [5.41, 5.74) is 1.07. The quantitative estimate of drug-likeness (QED) is 0.875. The number of aliphatic imine (C=N–C) groups is 1. The van der Waals surface area contributed by atoms with Crippen molar-refractivity contribution in [3.05, 3.63) is 24.3 Å². The molecule has 2 rings (SSSR count). The van der Waals surface area contributed by atoms with E-state index < -0.39 is 0 Å². The normalized spacial score (nSPS) is 16.9. The van der Waals surface area contributed by atoms with E-state index in [9.17, 15) is 0 Å². The Morgan fingerprint density at radius 1 is 1.39 bits per heavy atom. The topological polar surface area (TPSA) is 33.6 Å². The molecule has 1 N–H and O–H groups in total. The Labute approximate surface area is 109 Å². The number of hydrogen-bond donors (Lipinski definition) is 1. The van der Waals surface area contributed by atoms with Gasteiger partial charge in [-0.2, -0.15) is 0 Å². The third-order valence-corrected chi connectivity index (χ3v) is 3.16. The minimum atomic E-state index is 0.257. The second-order valence-electron chi connectivity index (χ2n) is 4.78. The monoisotopic (exact) mass is 246 g/mol. The standard InChI is InChI=1S/C15H22N2O/c1-3-12(2)18-14-8-6-7-13(11-14)17-15-9-4-5-10-16-15/h6-8,11-12H,3-5,9-10H2,1-2H3,(H,16,17). The number of anilines is 1. The lowest BCUT2D eigenvalue weighted by Crippen LogP contribution is -2.16. The lowest BCUT2D eigenvalue weighted by atomic mass is 10.2. The molecule has 0 saturated heterocycles. The molecule has 0 fully saturated rings. The van der Waals surface area contributed by atoms with Crippen LogP contribution in [0.2, 0.25) is 0 Å². The summed E-state index contributed by atoms with van der Waals surface area (Å²) >= 11 is 0. The molecule has 1 aromatic rings. The van der Waals surface area contributed by atoms with Crippen molar-refractivity contribution in [3.8, 4) is 5.75 Å². The summed E-state index contributed by atoms with van der Waals surface area (Å²) in [5, 5.41) is 3.38. The predicted octanol–water partition coefficient (Wildman–Crippen LogP) is 3.86. The minimum absolute atomic E-state index is 0.257. The molecule has 1 aromatic carbocycles. The van der Waals surface area contributed by atoms with Gasteiger partial charge in [0.05, 0.1) is 6.10 Å². The maximum Gasteiger partial charge on any atom is 0.121 e. The van der Waals surface area contributed by atoms with Gasteiger partial charge in [-0.15, -0.1) is 0 Å². The van der Waals surface area contributed by atoms with Gasteiger partial charge in [0.2, 0.25) is 0 Å². The highest BCUT2D eigenvalue weighted by atomic mass is 16.5. The van der Waals surface area contributed by atoms with Gasteiger partial charge in [0.15, 0.2) is 0 Å². The summed E-state index contributed by atoms with van der Waals surface area (Å²) in [6.07, 6.45) is 4.77. The van der Waals surface area contributed by atoms with E-state index in [2.05, 4.69) is 30.2 Å². The third kappa shape index (κ3) is 3.76. The predicted molar refractivity (Wildman–Crippen MR) is 76.6 cm³/mol. The molecule has 0 saturated carbocycles. The van der Waals surface area contributed by atoms with Crippen LogP contribution in [0, 0.1) is 0 Å². The summed E-state index contributed by atoms with van der Waals surface area (Å²) in [7, 11) is 0. The Balaban J connectivity index is 2.00. The number of rotatable bonds is 4.